The SMILES string of the molecule is c1ccc(-c2cc(-c3ccc(N(c4ccccc4)c4ccc5ccccc5c4)cc3)c3c4ccccc4c4c(-c5ccccc5)cc(-c5ccc(N(c6ccccc6)c6ccc7ccccc7c6)cc5)c5ccc2c3c54)cc1. The van der Waals surface area contributed by atoms with Gasteiger partial charge in [0.05, 0.1) is 0 Å². The monoisotopic (exact) mass is 990 g/mol. The first kappa shape index (κ1) is 45.1. The van der Waals surface area contributed by atoms with Crippen LogP contribution in [0.5, 0.6) is 0 Å². The lowest BCUT2D eigenvalue weighted by Crippen LogP contribution is -2.09. The second kappa shape index (κ2) is 18.8. The zero-order chi connectivity index (χ0) is 51.5. The van der Waals surface area contributed by atoms with Crippen LogP contribution in [0.25, 0.3) is 109 Å². The molecule has 15 aromatic rings. The van der Waals surface area contributed by atoms with E-state index >= 15 is 0 Å². The summed E-state index contributed by atoms with van der Waals surface area (Å²) in [7, 11) is 0. The number of fused-ring (bicyclic) bond motifs is 5. The van der Waals surface area contributed by atoms with E-state index in [4.69, 9.17) is 0 Å². The Kier molecular flexibility index (Phi) is 10.9. The predicted molar refractivity (Wildman–Crippen MR) is 334 cm³/mol. The molecule has 0 aliphatic carbocycles. The summed E-state index contributed by atoms with van der Waals surface area (Å²) in [5, 5.41) is 14.9. The van der Waals surface area contributed by atoms with E-state index in [0.29, 0.717) is 0 Å². The molecular weight excluding hydrogens is 941 g/mol. The zero-order valence-electron chi connectivity index (χ0n) is 42.8. The first-order valence-corrected chi connectivity index (χ1v) is 26.9. The van der Waals surface area contributed by atoms with Crippen LogP contribution in [0.2, 0.25) is 0 Å². The molecule has 0 aliphatic rings. The third-order valence-electron chi connectivity index (χ3n) is 15.9. The molecule has 0 heterocycles. The van der Waals surface area contributed by atoms with Gasteiger partial charge in [-0.2, -0.15) is 0 Å². The highest BCUT2D eigenvalue weighted by molar-refractivity contribution is 6.40. The predicted octanol–water partition coefficient (Wildman–Crippen LogP) is 21.7. The molecule has 0 aromatic heterocycles. The van der Waals surface area contributed by atoms with Gasteiger partial charge in [-0.1, -0.05) is 218 Å². The van der Waals surface area contributed by atoms with Crippen LogP contribution in [0.4, 0.5) is 34.1 Å². The van der Waals surface area contributed by atoms with Crippen molar-refractivity contribution in [3.05, 3.63) is 303 Å². The molecule has 0 radical (unpaired) electrons. The number of para-hydroxylation sites is 2. The molecule has 78 heavy (non-hydrogen) atoms. The van der Waals surface area contributed by atoms with E-state index in [1.807, 2.05) is 0 Å². The summed E-state index contributed by atoms with van der Waals surface area (Å²) >= 11 is 0. The highest BCUT2D eigenvalue weighted by Crippen LogP contribution is 2.53. The van der Waals surface area contributed by atoms with E-state index in [2.05, 4.69) is 313 Å². The van der Waals surface area contributed by atoms with E-state index in [1.165, 1.54) is 104 Å². The van der Waals surface area contributed by atoms with Crippen LogP contribution in [-0.4, -0.2) is 0 Å². The molecule has 364 valence electrons. The van der Waals surface area contributed by atoms with Crippen molar-refractivity contribution in [2.45, 2.75) is 0 Å². The molecule has 0 aliphatic heterocycles. The van der Waals surface area contributed by atoms with Gasteiger partial charge >= 0.3 is 0 Å². The molecule has 0 unspecified atom stereocenters. The van der Waals surface area contributed by atoms with Crippen LogP contribution >= 0.6 is 0 Å². The molecule has 0 saturated carbocycles. The molecule has 2 nitrogen and oxygen atoms in total. The lowest BCUT2D eigenvalue weighted by molar-refractivity contribution is 1.29. The topological polar surface area (TPSA) is 6.48 Å². The van der Waals surface area contributed by atoms with E-state index in [0.717, 1.165) is 39.7 Å². The number of anilines is 6. The normalized spacial score (nSPS) is 11.6. The van der Waals surface area contributed by atoms with Gasteiger partial charge < -0.3 is 9.80 Å². The molecule has 0 saturated heterocycles. The first-order valence-electron chi connectivity index (χ1n) is 26.9. The molecule has 0 atom stereocenters. The molecule has 15 rings (SSSR count). The van der Waals surface area contributed by atoms with Crippen molar-refractivity contribution in [2.24, 2.45) is 0 Å². The Morgan fingerprint density at radius 1 is 0.167 bits per heavy atom. The summed E-state index contributed by atoms with van der Waals surface area (Å²) in [6.45, 7) is 0. The van der Waals surface area contributed by atoms with Crippen molar-refractivity contribution in [3.8, 4) is 44.5 Å². The van der Waals surface area contributed by atoms with Crippen molar-refractivity contribution in [1.29, 1.82) is 0 Å². The van der Waals surface area contributed by atoms with Gasteiger partial charge in [-0.05, 0) is 194 Å². The molecule has 0 N–H and O–H groups in total. The second-order valence-electron chi connectivity index (χ2n) is 20.4. The van der Waals surface area contributed by atoms with E-state index in [-0.39, 0.29) is 0 Å². The van der Waals surface area contributed by atoms with Crippen molar-refractivity contribution in [2.75, 3.05) is 9.80 Å². The molecule has 0 spiro atoms. The van der Waals surface area contributed by atoms with Gasteiger partial charge in [0.25, 0.3) is 0 Å². The Hall–Kier alpha value is -10.3. The van der Waals surface area contributed by atoms with Crippen molar-refractivity contribution in [1.82, 2.24) is 0 Å². The van der Waals surface area contributed by atoms with Gasteiger partial charge in [-0.15, -0.1) is 0 Å². The maximum absolute atomic E-state index is 2.46. The van der Waals surface area contributed by atoms with Crippen LogP contribution in [0.1, 0.15) is 0 Å². The second-order valence-corrected chi connectivity index (χ2v) is 20.4. The summed E-state index contributed by atoms with van der Waals surface area (Å²) in [5.74, 6) is 0. The number of benzene rings is 15. The van der Waals surface area contributed by atoms with Crippen LogP contribution in [0.3, 0.4) is 0 Å². The van der Waals surface area contributed by atoms with Crippen LogP contribution < -0.4 is 9.80 Å². The van der Waals surface area contributed by atoms with Gasteiger partial charge in [-0.3, -0.25) is 0 Å². The molecule has 15 aromatic carbocycles. The number of nitrogens with zero attached hydrogens (tertiary/aromatic N) is 2. The number of hydrogen-bond donors (Lipinski definition) is 0. The third kappa shape index (κ3) is 7.65. The maximum Gasteiger partial charge on any atom is 0.0468 e. The fourth-order valence-corrected chi connectivity index (χ4v) is 12.3. The molecule has 0 amide bonds. The van der Waals surface area contributed by atoms with Crippen molar-refractivity contribution >= 4 is 98.8 Å². The van der Waals surface area contributed by atoms with Gasteiger partial charge in [0.15, 0.2) is 0 Å². The molecule has 0 fully saturated rings. The molecule has 0 bridgehead atoms. The van der Waals surface area contributed by atoms with E-state index in [9.17, 15) is 0 Å². The summed E-state index contributed by atoms with van der Waals surface area (Å²) in [6, 6.07) is 111. The van der Waals surface area contributed by atoms with E-state index in [1.54, 1.807) is 0 Å². The Labute approximate surface area is 453 Å². The Morgan fingerprint density at radius 2 is 0.474 bits per heavy atom. The maximum atomic E-state index is 2.46. The van der Waals surface area contributed by atoms with Gasteiger partial charge in [-0.25, -0.2) is 0 Å². The largest absolute Gasteiger partial charge is 0.310 e. The average Bonchev–Trinajstić information content (AvgIpc) is 2.64. The van der Waals surface area contributed by atoms with Crippen LogP contribution in [0, 0.1) is 0 Å². The molecular formula is C76H50N2. The van der Waals surface area contributed by atoms with Crippen molar-refractivity contribution < 1.29 is 0 Å². The summed E-state index contributed by atoms with van der Waals surface area (Å²) in [4.78, 5) is 4.73. The van der Waals surface area contributed by atoms with Gasteiger partial charge in [0.1, 0.15) is 0 Å². The number of hydrogen-bond acceptors (Lipinski definition) is 2. The quantitative estimate of drug-likeness (QED) is 0.0995. The minimum atomic E-state index is 1.10. The molecule has 2 heteroatoms. The summed E-state index contributed by atoms with van der Waals surface area (Å²) in [6.07, 6.45) is 0. The standard InChI is InChI=1S/C76H50N2/c1-5-21-53(22-6-1)69-49-72(56-37-41-62(42-38-56)78(60-29-11-4-12-30-60)64-44-34-52-20-14-16-26-58(52)48-64)74-66-32-18-17-31-65(66)73-71(54-23-7-2-8-24-54)50-70(68-46-45-67(69)75(74)76(68)73)55-35-39-61(40-36-55)77(59-27-9-3-10-28-59)63-43-33-51-19-13-15-25-57(51)47-63/h1-50H. The average molecular weight is 991 g/mol. The van der Waals surface area contributed by atoms with Gasteiger partial charge in [0.2, 0.25) is 0 Å². The fourth-order valence-electron chi connectivity index (χ4n) is 12.3. The number of rotatable bonds is 10. The highest BCUT2D eigenvalue weighted by Gasteiger charge is 2.25. The smallest absolute Gasteiger partial charge is 0.0468 e. The minimum absolute atomic E-state index is 1.10. The summed E-state index contributed by atoms with van der Waals surface area (Å²) < 4.78 is 0. The lowest BCUT2D eigenvalue weighted by Gasteiger charge is -2.27. The Balaban J connectivity index is 0.967. The van der Waals surface area contributed by atoms with Crippen LogP contribution in [0.15, 0.2) is 303 Å². The Bertz CT molecular complexity index is 4690. The van der Waals surface area contributed by atoms with E-state index < -0.39 is 0 Å². The minimum Gasteiger partial charge on any atom is -0.310 e. The zero-order valence-corrected chi connectivity index (χ0v) is 42.8. The third-order valence-corrected chi connectivity index (χ3v) is 15.9. The fraction of sp³-hybridized carbons (Fsp3) is 0. The van der Waals surface area contributed by atoms with Crippen molar-refractivity contribution in [3.63, 3.8) is 0 Å². The highest BCUT2D eigenvalue weighted by atomic mass is 15.1. The lowest BCUT2D eigenvalue weighted by atomic mass is 9.79. The van der Waals surface area contributed by atoms with Crippen LogP contribution in [-0.2, 0) is 0 Å². The first-order chi connectivity index (χ1) is 38.7. The van der Waals surface area contributed by atoms with Gasteiger partial charge in [0, 0.05) is 34.1 Å². The Morgan fingerprint density at radius 3 is 0.897 bits per heavy atom. The summed E-state index contributed by atoms with van der Waals surface area (Å²) in [5.41, 5.74) is 16.2.